The quantitative estimate of drug-likeness (QED) is 0.708. The number of hydrogen-bond acceptors (Lipinski definition) is 1. The van der Waals surface area contributed by atoms with Crippen LogP contribution in [0.25, 0.3) is 10.9 Å². The van der Waals surface area contributed by atoms with E-state index in [0.717, 1.165) is 11.0 Å². The van der Waals surface area contributed by atoms with Gasteiger partial charge < -0.3 is 10.3 Å². The monoisotopic (exact) mass is 328 g/mol. The predicted molar refractivity (Wildman–Crippen MR) is 87.7 cm³/mol. The van der Waals surface area contributed by atoms with E-state index in [-0.39, 0.29) is 0 Å². The first-order chi connectivity index (χ1) is 9.74. The van der Waals surface area contributed by atoms with Crippen LogP contribution in [-0.2, 0) is 6.54 Å². The zero-order chi connectivity index (χ0) is 13.9. The van der Waals surface area contributed by atoms with Crippen LogP contribution in [0.3, 0.4) is 0 Å². The molecule has 0 aliphatic heterocycles. The third kappa shape index (κ3) is 2.79. The standard InChI is InChI=1S/C17H17BrN2/c1-12(13-5-7-15(18)8-6-13)20-11-14-3-2-4-17-16(14)9-10-19-17/h2-10,12,19-20H,11H2,1H3/t12-/m0/s1. The van der Waals surface area contributed by atoms with Crippen LogP contribution in [0.1, 0.15) is 24.1 Å². The fourth-order valence-corrected chi connectivity index (χ4v) is 2.70. The second-order valence-electron chi connectivity index (χ2n) is 5.01. The number of hydrogen-bond donors (Lipinski definition) is 2. The second kappa shape index (κ2) is 5.81. The molecule has 0 aliphatic rings. The van der Waals surface area contributed by atoms with Crippen molar-refractivity contribution in [1.82, 2.24) is 10.3 Å². The lowest BCUT2D eigenvalue weighted by molar-refractivity contribution is 0.576. The van der Waals surface area contributed by atoms with Crippen molar-refractivity contribution in [2.24, 2.45) is 0 Å². The van der Waals surface area contributed by atoms with Gasteiger partial charge in [-0.1, -0.05) is 40.2 Å². The summed E-state index contributed by atoms with van der Waals surface area (Å²) in [7, 11) is 0. The molecule has 1 aromatic heterocycles. The Bertz CT molecular complexity index is 700. The summed E-state index contributed by atoms with van der Waals surface area (Å²) >= 11 is 3.47. The molecule has 102 valence electrons. The molecule has 0 fully saturated rings. The summed E-state index contributed by atoms with van der Waals surface area (Å²) in [5, 5.41) is 4.88. The summed E-state index contributed by atoms with van der Waals surface area (Å²) in [4.78, 5) is 3.25. The predicted octanol–water partition coefficient (Wildman–Crippen LogP) is 4.78. The van der Waals surface area contributed by atoms with Gasteiger partial charge in [-0.05, 0) is 42.3 Å². The molecule has 3 aromatic rings. The largest absolute Gasteiger partial charge is 0.361 e. The molecule has 3 heteroatoms. The lowest BCUT2D eigenvalue weighted by atomic mass is 10.1. The fourth-order valence-electron chi connectivity index (χ4n) is 2.44. The molecule has 0 spiro atoms. The fraction of sp³-hybridized carbons (Fsp3) is 0.176. The normalized spacial score (nSPS) is 12.7. The third-order valence-corrected chi connectivity index (χ3v) is 4.18. The summed E-state index contributed by atoms with van der Waals surface area (Å²) in [6.07, 6.45) is 1.99. The maximum absolute atomic E-state index is 3.59. The van der Waals surface area contributed by atoms with Crippen molar-refractivity contribution >= 4 is 26.8 Å². The second-order valence-corrected chi connectivity index (χ2v) is 5.93. The Kier molecular flexibility index (Phi) is 3.90. The van der Waals surface area contributed by atoms with E-state index in [1.165, 1.54) is 22.0 Å². The van der Waals surface area contributed by atoms with Crippen LogP contribution in [0.2, 0.25) is 0 Å². The smallest absolute Gasteiger partial charge is 0.0457 e. The van der Waals surface area contributed by atoms with E-state index in [1.807, 2.05) is 6.20 Å². The molecule has 0 amide bonds. The Morgan fingerprint density at radius 1 is 1.10 bits per heavy atom. The van der Waals surface area contributed by atoms with Crippen LogP contribution in [0.4, 0.5) is 0 Å². The van der Waals surface area contributed by atoms with Gasteiger partial charge in [0.05, 0.1) is 0 Å². The Labute approximate surface area is 127 Å². The number of H-pyrrole nitrogens is 1. The lowest BCUT2D eigenvalue weighted by Crippen LogP contribution is -2.18. The zero-order valence-corrected chi connectivity index (χ0v) is 12.9. The van der Waals surface area contributed by atoms with Crippen LogP contribution in [0.15, 0.2) is 59.2 Å². The molecule has 2 aromatic carbocycles. The van der Waals surface area contributed by atoms with Crippen LogP contribution in [-0.4, -0.2) is 4.98 Å². The lowest BCUT2D eigenvalue weighted by Gasteiger charge is -2.15. The van der Waals surface area contributed by atoms with Crippen molar-refractivity contribution in [2.45, 2.75) is 19.5 Å². The minimum atomic E-state index is 0.331. The summed E-state index contributed by atoms with van der Waals surface area (Å²) in [6, 6.07) is 17.3. The van der Waals surface area contributed by atoms with Gasteiger partial charge in [0.15, 0.2) is 0 Å². The van der Waals surface area contributed by atoms with Gasteiger partial charge in [-0.25, -0.2) is 0 Å². The number of nitrogens with one attached hydrogen (secondary N) is 2. The van der Waals surface area contributed by atoms with E-state index in [9.17, 15) is 0 Å². The van der Waals surface area contributed by atoms with Crippen molar-refractivity contribution < 1.29 is 0 Å². The molecule has 2 nitrogen and oxygen atoms in total. The first-order valence-electron chi connectivity index (χ1n) is 6.78. The molecule has 2 N–H and O–H groups in total. The third-order valence-electron chi connectivity index (χ3n) is 3.65. The van der Waals surface area contributed by atoms with E-state index in [0.29, 0.717) is 6.04 Å². The molecular weight excluding hydrogens is 312 g/mol. The number of aromatic amines is 1. The molecular formula is C17H17BrN2. The van der Waals surface area contributed by atoms with E-state index in [4.69, 9.17) is 0 Å². The Morgan fingerprint density at radius 2 is 1.90 bits per heavy atom. The van der Waals surface area contributed by atoms with Gasteiger partial charge in [-0.3, -0.25) is 0 Å². The highest BCUT2D eigenvalue weighted by molar-refractivity contribution is 9.10. The molecule has 1 atom stereocenters. The number of halogens is 1. The van der Waals surface area contributed by atoms with Gasteiger partial charge in [0.2, 0.25) is 0 Å². The van der Waals surface area contributed by atoms with Crippen molar-refractivity contribution in [3.63, 3.8) is 0 Å². The summed E-state index contributed by atoms with van der Waals surface area (Å²) in [6.45, 7) is 3.06. The Balaban J connectivity index is 1.73. The average molecular weight is 329 g/mol. The number of fused-ring (bicyclic) bond motifs is 1. The maximum atomic E-state index is 3.59. The van der Waals surface area contributed by atoms with Gasteiger partial charge in [0.1, 0.15) is 0 Å². The molecule has 0 bridgehead atoms. The molecule has 0 aliphatic carbocycles. The summed E-state index contributed by atoms with van der Waals surface area (Å²) in [5.74, 6) is 0. The first kappa shape index (κ1) is 13.4. The van der Waals surface area contributed by atoms with Crippen LogP contribution in [0.5, 0.6) is 0 Å². The topological polar surface area (TPSA) is 27.8 Å². The number of rotatable bonds is 4. The SMILES string of the molecule is C[C@H](NCc1cccc2[nH]ccc12)c1ccc(Br)cc1. The molecule has 1 heterocycles. The Morgan fingerprint density at radius 3 is 2.70 bits per heavy atom. The van der Waals surface area contributed by atoms with E-state index >= 15 is 0 Å². The minimum Gasteiger partial charge on any atom is -0.361 e. The highest BCUT2D eigenvalue weighted by Crippen LogP contribution is 2.20. The minimum absolute atomic E-state index is 0.331. The Hall–Kier alpha value is -1.58. The van der Waals surface area contributed by atoms with Crippen molar-refractivity contribution in [3.8, 4) is 0 Å². The van der Waals surface area contributed by atoms with Gasteiger partial charge in [-0.2, -0.15) is 0 Å². The van der Waals surface area contributed by atoms with Crippen molar-refractivity contribution in [1.29, 1.82) is 0 Å². The molecule has 3 rings (SSSR count). The maximum Gasteiger partial charge on any atom is 0.0457 e. The molecule has 0 radical (unpaired) electrons. The molecule has 20 heavy (non-hydrogen) atoms. The molecule has 0 saturated carbocycles. The van der Waals surface area contributed by atoms with Gasteiger partial charge in [-0.15, -0.1) is 0 Å². The van der Waals surface area contributed by atoms with Gasteiger partial charge in [0.25, 0.3) is 0 Å². The molecule has 0 unspecified atom stereocenters. The van der Waals surface area contributed by atoms with Gasteiger partial charge >= 0.3 is 0 Å². The van der Waals surface area contributed by atoms with Gasteiger partial charge in [0, 0.05) is 34.2 Å². The van der Waals surface area contributed by atoms with Crippen LogP contribution >= 0.6 is 15.9 Å². The van der Waals surface area contributed by atoms with Crippen LogP contribution < -0.4 is 5.32 Å². The number of aromatic nitrogens is 1. The highest BCUT2D eigenvalue weighted by Gasteiger charge is 2.06. The highest BCUT2D eigenvalue weighted by atomic mass is 79.9. The van der Waals surface area contributed by atoms with Crippen molar-refractivity contribution in [2.75, 3.05) is 0 Å². The molecule has 0 saturated heterocycles. The first-order valence-corrected chi connectivity index (χ1v) is 7.57. The van der Waals surface area contributed by atoms with E-state index in [2.05, 4.69) is 81.7 Å². The van der Waals surface area contributed by atoms with E-state index in [1.54, 1.807) is 0 Å². The number of benzene rings is 2. The van der Waals surface area contributed by atoms with Crippen LogP contribution in [0, 0.1) is 0 Å². The zero-order valence-electron chi connectivity index (χ0n) is 11.4. The van der Waals surface area contributed by atoms with Crippen molar-refractivity contribution in [3.05, 3.63) is 70.3 Å². The summed E-state index contributed by atoms with van der Waals surface area (Å²) in [5.41, 5.74) is 3.82. The summed E-state index contributed by atoms with van der Waals surface area (Å²) < 4.78 is 1.12. The van der Waals surface area contributed by atoms with E-state index < -0.39 is 0 Å². The average Bonchev–Trinajstić information content (AvgIpc) is 2.94.